The molecule has 0 unspecified atom stereocenters. The quantitative estimate of drug-likeness (QED) is 0.834. The summed E-state index contributed by atoms with van der Waals surface area (Å²) < 4.78 is 0. The van der Waals surface area contributed by atoms with Gasteiger partial charge >= 0.3 is 0 Å². The fourth-order valence-corrected chi connectivity index (χ4v) is 2.50. The predicted molar refractivity (Wildman–Crippen MR) is 73.7 cm³/mol. The molecule has 1 amide bonds. The van der Waals surface area contributed by atoms with Gasteiger partial charge in [0.05, 0.1) is 0 Å². The Morgan fingerprint density at radius 2 is 2.06 bits per heavy atom. The van der Waals surface area contributed by atoms with Crippen molar-refractivity contribution in [1.82, 2.24) is 10.6 Å². The lowest BCUT2D eigenvalue weighted by molar-refractivity contribution is 0.0895. The number of carbonyl (C=O) groups excluding carboxylic acids is 1. The number of rotatable bonds is 5. The van der Waals surface area contributed by atoms with Crippen LogP contribution in [-0.2, 0) is 6.42 Å². The summed E-state index contributed by atoms with van der Waals surface area (Å²) in [6.45, 7) is 3.12. The molecule has 2 rings (SSSR count). The lowest BCUT2D eigenvalue weighted by atomic mass is 9.82. The van der Waals surface area contributed by atoms with Gasteiger partial charge in [-0.25, -0.2) is 0 Å². The lowest BCUT2D eigenvalue weighted by Gasteiger charge is -2.33. The zero-order valence-corrected chi connectivity index (χ0v) is 11.2. The lowest BCUT2D eigenvalue weighted by Crippen LogP contribution is -2.43. The summed E-state index contributed by atoms with van der Waals surface area (Å²) in [5.41, 5.74) is 1.95. The van der Waals surface area contributed by atoms with Gasteiger partial charge in [0.2, 0.25) is 0 Å². The summed E-state index contributed by atoms with van der Waals surface area (Å²) in [7, 11) is 1.93. The maximum atomic E-state index is 12.2. The van der Waals surface area contributed by atoms with Gasteiger partial charge in [-0.3, -0.25) is 4.79 Å². The molecule has 2 N–H and O–H groups in total. The normalized spacial score (nSPS) is 22.3. The van der Waals surface area contributed by atoms with Crippen molar-refractivity contribution in [3.05, 3.63) is 35.4 Å². The molecule has 98 valence electrons. The molecule has 1 fully saturated rings. The minimum absolute atomic E-state index is 0.0820. The van der Waals surface area contributed by atoms with E-state index in [1.807, 2.05) is 31.3 Å². The van der Waals surface area contributed by atoms with E-state index in [4.69, 9.17) is 0 Å². The Bertz CT molecular complexity index is 411. The zero-order valence-electron chi connectivity index (χ0n) is 11.2. The third kappa shape index (κ3) is 3.10. The number of benzene rings is 1. The standard InChI is InChI=1S/C15H22N2O/c1-11-9-13(10-11)17-15(18)14-6-4-3-5-12(14)7-8-16-2/h3-6,11,13,16H,7-10H2,1-2H3,(H,17,18). The molecule has 0 saturated heterocycles. The van der Waals surface area contributed by atoms with E-state index in [2.05, 4.69) is 17.6 Å². The van der Waals surface area contributed by atoms with Crippen LogP contribution in [-0.4, -0.2) is 25.5 Å². The first-order valence-electron chi connectivity index (χ1n) is 6.74. The number of hydrogen-bond acceptors (Lipinski definition) is 2. The molecule has 1 aliphatic carbocycles. The molecular formula is C15H22N2O. The van der Waals surface area contributed by atoms with Gasteiger partial charge in [0, 0.05) is 11.6 Å². The molecule has 3 heteroatoms. The van der Waals surface area contributed by atoms with E-state index in [9.17, 15) is 4.79 Å². The first kappa shape index (κ1) is 13.1. The van der Waals surface area contributed by atoms with Gasteiger partial charge in [0.1, 0.15) is 0 Å². The highest BCUT2D eigenvalue weighted by atomic mass is 16.1. The van der Waals surface area contributed by atoms with Crippen molar-refractivity contribution in [1.29, 1.82) is 0 Å². The Balaban J connectivity index is 2.00. The van der Waals surface area contributed by atoms with Gasteiger partial charge < -0.3 is 10.6 Å². The fraction of sp³-hybridized carbons (Fsp3) is 0.533. The number of amides is 1. The van der Waals surface area contributed by atoms with Crippen molar-refractivity contribution in [2.75, 3.05) is 13.6 Å². The van der Waals surface area contributed by atoms with Crippen molar-refractivity contribution < 1.29 is 4.79 Å². The average Bonchev–Trinajstić information content (AvgIpc) is 2.34. The third-order valence-corrected chi connectivity index (χ3v) is 3.62. The number of hydrogen-bond donors (Lipinski definition) is 2. The first-order chi connectivity index (χ1) is 8.70. The van der Waals surface area contributed by atoms with Crippen molar-refractivity contribution in [2.24, 2.45) is 5.92 Å². The summed E-state index contributed by atoms with van der Waals surface area (Å²) in [6, 6.07) is 8.26. The molecule has 0 atom stereocenters. The molecule has 0 spiro atoms. The van der Waals surface area contributed by atoms with Gasteiger partial charge in [0.15, 0.2) is 0 Å². The summed E-state index contributed by atoms with van der Waals surface area (Å²) in [4.78, 5) is 12.2. The minimum Gasteiger partial charge on any atom is -0.349 e. The highest BCUT2D eigenvalue weighted by Crippen LogP contribution is 2.26. The Hall–Kier alpha value is -1.35. The Morgan fingerprint density at radius 3 is 2.72 bits per heavy atom. The van der Waals surface area contributed by atoms with Gasteiger partial charge in [-0.15, -0.1) is 0 Å². The van der Waals surface area contributed by atoms with Crippen molar-refractivity contribution >= 4 is 5.91 Å². The third-order valence-electron chi connectivity index (χ3n) is 3.62. The smallest absolute Gasteiger partial charge is 0.251 e. The van der Waals surface area contributed by atoms with Crippen LogP contribution in [0.3, 0.4) is 0 Å². The molecule has 1 aliphatic rings. The second-order valence-electron chi connectivity index (χ2n) is 5.26. The van der Waals surface area contributed by atoms with Crippen LogP contribution in [0.5, 0.6) is 0 Å². The van der Waals surface area contributed by atoms with Gasteiger partial charge in [0.25, 0.3) is 5.91 Å². The van der Waals surface area contributed by atoms with Gasteiger partial charge in [-0.2, -0.15) is 0 Å². The maximum Gasteiger partial charge on any atom is 0.251 e. The van der Waals surface area contributed by atoms with Crippen LogP contribution in [0.4, 0.5) is 0 Å². The van der Waals surface area contributed by atoms with Crippen LogP contribution in [0.15, 0.2) is 24.3 Å². The summed E-state index contributed by atoms with van der Waals surface area (Å²) >= 11 is 0. The van der Waals surface area contributed by atoms with Crippen LogP contribution < -0.4 is 10.6 Å². The van der Waals surface area contributed by atoms with E-state index in [0.29, 0.717) is 6.04 Å². The van der Waals surface area contributed by atoms with Crippen molar-refractivity contribution in [3.63, 3.8) is 0 Å². The monoisotopic (exact) mass is 246 g/mol. The SMILES string of the molecule is CNCCc1ccccc1C(=O)NC1CC(C)C1. The molecule has 0 aromatic heterocycles. The van der Waals surface area contributed by atoms with Crippen molar-refractivity contribution in [3.8, 4) is 0 Å². The number of likely N-dealkylation sites (N-methyl/N-ethyl adjacent to an activating group) is 1. The second-order valence-corrected chi connectivity index (χ2v) is 5.26. The first-order valence-corrected chi connectivity index (χ1v) is 6.74. The molecule has 0 heterocycles. The summed E-state index contributed by atoms with van der Waals surface area (Å²) in [5.74, 6) is 0.841. The Morgan fingerprint density at radius 1 is 1.33 bits per heavy atom. The maximum absolute atomic E-state index is 12.2. The number of nitrogens with one attached hydrogen (secondary N) is 2. The molecular weight excluding hydrogens is 224 g/mol. The number of carbonyl (C=O) groups is 1. The molecule has 0 radical (unpaired) electrons. The molecule has 1 saturated carbocycles. The van der Waals surface area contributed by atoms with Gasteiger partial charge in [-0.05, 0) is 50.4 Å². The van der Waals surface area contributed by atoms with Crippen LogP contribution in [0.1, 0.15) is 35.7 Å². The van der Waals surface area contributed by atoms with E-state index < -0.39 is 0 Å². The van der Waals surface area contributed by atoms with Gasteiger partial charge in [-0.1, -0.05) is 25.1 Å². The molecule has 1 aromatic carbocycles. The second kappa shape index (κ2) is 6.01. The van der Waals surface area contributed by atoms with E-state index >= 15 is 0 Å². The van der Waals surface area contributed by atoms with E-state index in [1.54, 1.807) is 0 Å². The van der Waals surface area contributed by atoms with E-state index in [1.165, 1.54) is 0 Å². The molecule has 0 aliphatic heterocycles. The predicted octanol–water partition coefficient (Wildman–Crippen LogP) is 1.98. The fourth-order valence-electron chi connectivity index (χ4n) is 2.50. The van der Waals surface area contributed by atoms with Crippen LogP contribution in [0.25, 0.3) is 0 Å². The Kier molecular flexibility index (Phi) is 4.37. The van der Waals surface area contributed by atoms with Crippen molar-refractivity contribution in [2.45, 2.75) is 32.2 Å². The topological polar surface area (TPSA) is 41.1 Å². The highest BCUT2D eigenvalue weighted by molar-refractivity contribution is 5.95. The van der Waals surface area contributed by atoms with E-state index in [0.717, 1.165) is 42.9 Å². The largest absolute Gasteiger partial charge is 0.349 e. The molecule has 3 nitrogen and oxygen atoms in total. The molecule has 0 bridgehead atoms. The average molecular weight is 246 g/mol. The minimum atomic E-state index is 0.0820. The van der Waals surface area contributed by atoms with Crippen LogP contribution >= 0.6 is 0 Å². The van der Waals surface area contributed by atoms with Crippen LogP contribution in [0.2, 0.25) is 0 Å². The molecule has 1 aromatic rings. The summed E-state index contributed by atoms with van der Waals surface area (Å²) in [5, 5.41) is 6.24. The van der Waals surface area contributed by atoms with Crippen LogP contribution in [0, 0.1) is 5.92 Å². The highest BCUT2D eigenvalue weighted by Gasteiger charge is 2.27. The molecule has 18 heavy (non-hydrogen) atoms. The summed E-state index contributed by atoms with van der Waals surface area (Å²) in [6.07, 6.45) is 3.12. The van der Waals surface area contributed by atoms with E-state index in [-0.39, 0.29) is 5.91 Å². The Labute approximate surface area is 109 Å². The zero-order chi connectivity index (χ0) is 13.0.